The number of benzene rings is 2. The van der Waals surface area contributed by atoms with Crippen LogP contribution in [0.1, 0.15) is 65.3 Å². The van der Waals surface area contributed by atoms with Gasteiger partial charge in [0.05, 0.1) is 17.8 Å². The largest absolute Gasteiger partial charge is 0.483 e. The molecular weight excluding hydrogens is 648 g/mol. The first kappa shape index (κ1) is 33.0. The summed E-state index contributed by atoms with van der Waals surface area (Å²) < 4.78 is 8.14. The summed E-state index contributed by atoms with van der Waals surface area (Å²) in [6.45, 7) is 4.24. The zero-order valence-corrected chi connectivity index (χ0v) is 28.5. The Bertz CT molecular complexity index is 1950. The van der Waals surface area contributed by atoms with E-state index in [4.69, 9.17) is 4.74 Å². The van der Waals surface area contributed by atoms with E-state index in [1.54, 1.807) is 24.5 Å². The smallest absolute Gasteiger partial charge is 0.266 e. The predicted molar refractivity (Wildman–Crippen MR) is 189 cm³/mol. The van der Waals surface area contributed by atoms with Gasteiger partial charge in [0.25, 0.3) is 17.7 Å². The van der Waals surface area contributed by atoms with Crippen molar-refractivity contribution in [3.05, 3.63) is 78.4 Å². The Kier molecular flexibility index (Phi) is 9.22. The Morgan fingerprint density at radius 3 is 2.45 bits per heavy atom. The normalized spacial score (nSPS) is 22.9. The second kappa shape index (κ2) is 14.2. The Balaban J connectivity index is 0.799. The van der Waals surface area contributed by atoms with Gasteiger partial charge in [0.15, 0.2) is 6.61 Å². The van der Waals surface area contributed by atoms with Crippen LogP contribution in [0.3, 0.4) is 0 Å². The Labute approximate surface area is 296 Å². The maximum Gasteiger partial charge on any atom is 0.266 e. The lowest BCUT2D eigenvalue weighted by molar-refractivity contribution is -0.126. The molecule has 2 aromatic carbocycles. The maximum atomic E-state index is 13.3. The number of nitrogens with one attached hydrogen (secondary N) is 2. The fourth-order valence-corrected chi connectivity index (χ4v) is 8.18. The number of amides is 4. The quantitative estimate of drug-likeness (QED) is 0.253. The minimum absolute atomic E-state index is 0.103. The lowest BCUT2D eigenvalue weighted by Gasteiger charge is -2.42. The van der Waals surface area contributed by atoms with Crippen LogP contribution in [0.2, 0.25) is 0 Å². The number of fused-ring (bicyclic) bond motifs is 2. The van der Waals surface area contributed by atoms with Crippen molar-refractivity contribution in [2.24, 2.45) is 0 Å². The number of piperidine rings is 1. The monoisotopic (exact) mass is 690 g/mol. The van der Waals surface area contributed by atoms with Crippen LogP contribution >= 0.6 is 0 Å². The molecule has 1 saturated carbocycles. The molecule has 1 unspecified atom stereocenters. The molecule has 51 heavy (non-hydrogen) atoms. The van der Waals surface area contributed by atoms with Gasteiger partial charge in [0.1, 0.15) is 23.8 Å². The molecule has 264 valence electrons. The van der Waals surface area contributed by atoms with Gasteiger partial charge < -0.3 is 19.9 Å². The second-order valence-corrected chi connectivity index (χ2v) is 13.8. The molecule has 2 aromatic heterocycles. The molecule has 5 heterocycles. The number of piperazine rings is 1. The van der Waals surface area contributed by atoms with Crippen molar-refractivity contribution in [2.75, 3.05) is 46.0 Å². The van der Waals surface area contributed by atoms with E-state index in [9.17, 15) is 19.2 Å². The van der Waals surface area contributed by atoms with Crippen LogP contribution < -0.4 is 15.4 Å². The van der Waals surface area contributed by atoms with E-state index in [1.165, 1.54) is 11.1 Å². The Hall–Kier alpha value is -5.14. The Morgan fingerprint density at radius 2 is 1.67 bits per heavy atom. The minimum Gasteiger partial charge on any atom is -0.483 e. The zero-order valence-electron chi connectivity index (χ0n) is 28.5. The molecular formula is C38H42N8O5. The molecule has 13 heteroatoms. The number of ether oxygens (including phenoxy) is 1. The van der Waals surface area contributed by atoms with E-state index in [0.29, 0.717) is 38.1 Å². The third-order valence-corrected chi connectivity index (χ3v) is 10.9. The first-order valence-corrected chi connectivity index (χ1v) is 18.0. The summed E-state index contributed by atoms with van der Waals surface area (Å²) in [6, 6.07) is 15.3. The van der Waals surface area contributed by atoms with Gasteiger partial charge in [-0.05, 0) is 56.2 Å². The van der Waals surface area contributed by atoms with Gasteiger partial charge in [-0.25, -0.2) is 9.97 Å². The van der Waals surface area contributed by atoms with E-state index in [2.05, 4.69) is 65.4 Å². The fraction of sp³-hybridized carbons (Fsp3) is 0.421. The van der Waals surface area contributed by atoms with Crippen LogP contribution in [0.15, 0.2) is 67.3 Å². The summed E-state index contributed by atoms with van der Waals surface area (Å²) in [5.41, 5.74) is 3.65. The van der Waals surface area contributed by atoms with Crippen LogP contribution in [-0.4, -0.2) is 111 Å². The summed E-state index contributed by atoms with van der Waals surface area (Å²) in [7, 11) is 0. The van der Waals surface area contributed by atoms with Crippen molar-refractivity contribution in [2.45, 2.75) is 56.7 Å². The highest BCUT2D eigenvalue weighted by atomic mass is 16.5. The molecule has 2 N–H and O–H groups in total. The van der Waals surface area contributed by atoms with Gasteiger partial charge in [-0.2, -0.15) is 0 Å². The molecule has 0 bridgehead atoms. The third-order valence-electron chi connectivity index (χ3n) is 10.9. The van der Waals surface area contributed by atoms with E-state index in [1.807, 2.05) is 12.3 Å². The highest BCUT2D eigenvalue weighted by molar-refractivity contribution is 6.24. The number of hydrogen-bond acceptors (Lipinski definition) is 9. The van der Waals surface area contributed by atoms with E-state index < -0.39 is 17.9 Å². The molecule has 13 nitrogen and oxygen atoms in total. The number of nitrogens with zero attached hydrogens (tertiary/aromatic N) is 6. The van der Waals surface area contributed by atoms with Crippen molar-refractivity contribution < 1.29 is 23.9 Å². The molecule has 4 aromatic rings. The van der Waals surface area contributed by atoms with Gasteiger partial charge in [-0.15, -0.1) is 0 Å². The van der Waals surface area contributed by atoms with Crippen LogP contribution in [-0.2, 0) is 9.59 Å². The molecule has 4 aliphatic rings. The molecule has 1 aliphatic carbocycles. The molecule has 0 radical (unpaired) electrons. The number of aromatic nitrogens is 3. The van der Waals surface area contributed by atoms with Gasteiger partial charge in [-0.1, -0.05) is 36.4 Å². The third kappa shape index (κ3) is 6.47. The summed E-state index contributed by atoms with van der Waals surface area (Å²) >= 11 is 0. The van der Waals surface area contributed by atoms with E-state index in [-0.39, 0.29) is 35.3 Å². The number of rotatable bonds is 9. The number of hydrogen-bond donors (Lipinski definition) is 2. The predicted octanol–water partition coefficient (Wildman–Crippen LogP) is 3.23. The molecule has 4 amide bonds. The van der Waals surface area contributed by atoms with E-state index in [0.717, 1.165) is 67.8 Å². The van der Waals surface area contributed by atoms with Crippen LogP contribution in [0, 0.1) is 0 Å². The first-order chi connectivity index (χ1) is 25.0. The maximum absolute atomic E-state index is 13.3. The van der Waals surface area contributed by atoms with Crippen molar-refractivity contribution in [3.63, 3.8) is 0 Å². The highest BCUT2D eigenvalue weighted by Crippen LogP contribution is 2.37. The molecule has 2 saturated heterocycles. The van der Waals surface area contributed by atoms with Crippen molar-refractivity contribution in [1.29, 1.82) is 0 Å². The van der Waals surface area contributed by atoms with Crippen molar-refractivity contribution in [1.82, 2.24) is 39.9 Å². The van der Waals surface area contributed by atoms with Crippen LogP contribution in [0.4, 0.5) is 0 Å². The summed E-state index contributed by atoms with van der Waals surface area (Å²) in [5, 5.41) is 6.76. The molecule has 1 atom stereocenters. The van der Waals surface area contributed by atoms with Crippen LogP contribution in [0.25, 0.3) is 22.2 Å². The minimum atomic E-state index is -0.840. The Morgan fingerprint density at radius 1 is 0.882 bits per heavy atom. The topological polar surface area (TPSA) is 142 Å². The number of carbonyl (C=O) groups excluding carboxylic acids is 4. The SMILES string of the molecule is O=C(COc1cccc2c1C(=O)N(C1CCCNC1=O)C2=O)NCN1CCN(C2CCC(n3cc(-c4ccccc4)c4cncnc43)CC2)CC1. The number of imide groups is 1. The van der Waals surface area contributed by atoms with Crippen molar-refractivity contribution >= 4 is 34.7 Å². The lowest BCUT2D eigenvalue weighted by atomic mass is 9.89. The van der Waals surface area contributed by atoms with Gasteiger partial charge in [0, 0.05) is 68.2 Å². The van der Waals surface area contributed by atoms with Gasteiger partial charge in [0.2, 0.25) is 5.91 Å². The lowest BCUT2D eigenvalue weighted by Crippen LogP contribution is -2.53. The zero-order chi connectivity index (χ0) is 34.9. The highest BCUT2D eigenvalue weighted by Gasteiger charge is 2.45. The van der Waals surface area contributed by atoms with Crippen LogP contribution in [0.5, 0.6) is 5.75 Å². The van der Waals surface area contributed by atoms with E-state index >= 15 is 0 Å². The molecule has 3 aliphatic heterocycles. The molecule has 3 fully saturated rings. The first-order valence-electron chi connectivity index (χ1n) is 18.0. The number of carbonyl (C=O) groups is 4. The second-order valence-electron chi connectivity index (χ2n) is 13.8. The average Bonchev–Trinajstić information content (AvgIpc) is 3.69. The van der Waals surface area contributed by atoms with Crippen molar-refractivity contribution in [3.8, 4) is 16.9 Å². The fourth-order valence-electron chi connectivity index (χ4n) is 8.18. The standard InChI is InChI=1S/C38H42N8O5/c47-33(22-51-32-10-4-8-28-34(32)38(50)46(37(28)49)31-9-5-15-40-36(31)48)42-24-43-16-18-44(19-17-43)26-11-13-27(14-12-26)45-21-30(25-6-2-1-3-7-25)29-20-39-23-41-35(29)45/h1-4,6-8,10,20-21,23,26-27,31H,5,9,11-19,22,24H2,(H,40,48)(H,42,47). The average molecular weight is 691 g/mol. The molecule has 8 rings (SSSR count). The summed E-state index contributed by atoms with van der Waals surface area (Å²) in [6.07, 6.45) is 11.4. The van der Waals surface area contributed by atoms with Gasteiger partial charge >= 0.3 is 0 Å². The van der Waals surface area contributed by atoms with Gasteiger partial charge in [-0.3, -0.25) is 33.9 Å². The summed E-state index contributed by atoms with van der Waals surface area (Å²) in [5.74, 6) is -1.56. The molecule has 0 spiro atoms. The summed E-state index contributed by atoms with van der Waals surface area (Å²) in [4.78, 5) is 66.4.